The summed E-state index contributed by atoms with van der Waals surface area (Å²) in [6.07, 6.45) is -0.893. The lowest BCUT2D eigenvalue weighted by atomic mass is 10.1. The molecule has 1 N–H and O–H groups in total. The summed E-state index contributed by atoms with van der Waals surface area (Å²) in [5.41, 5.74) is 0.895. The first-order valence-corrected chi connectivity index (χ1v) is 11.1. The summed E-state index contributed by atoms with van der Waals surface area (Å²) in [6, 6.07) is 6.41. The number of hydrogen-bond acceptors (Lipinski definition) is 6. The van der Waals surface area contributed by atoms with Gasteiger partial charge in [-0.25, -0.2) is 12.7 Å². The third kappa shape index (κ3) is 4.95. The Morgan fingerprint density at radius 2 is 1.55 bits per heavy atom. The third-order valence-corrected chi connectivity index (χ3v) is 7.31. The fourth-order valence-corrected chi connectivity index (χ4v) is 4.66. The number of hydrogen-bond donors (Lipinski definition) is 1. The molecule has 3 rings (SSSR count). The Labute approximate surface area is 170 Å². The number of morpholine rings is 1. The minimum atomic E-state index is -3.47. The molecule has 2 heterocycles. The summed E-state index contributed by atoms with van der Waals surface area (Å²) < 4.78 is 30.5. The molecule has 0 unspecified atom stereocenters. The Kier molecular flexibility index (Phi) is 6.57. The second-order valence-corrected chi connectivity index (χ2v) is 9.81. The Morgan fingerprint density at radius 3 is 2.07 bits per heavy atom. The van der Waals surface area contributed by atoms with Gasteiger partial charge in [-0.2, -0.15) is 0 Å². The smallest absolute Gasteiger partial charge is 0.254 e. The lowest BCUT2D eigenvalue weighted by Crippen LogP contribution is -2.40. The highest BCUT2D eigenvalue weighted by Gasteiger charge is 2.37. The number of ether oxygens (including phenoxy) is 1. The first kappa shape index (κ1) is 21.7. The maximum atomic E-state index is 12.8. The second kappa shape index (κ2) is 8.78. The Balaban J connectivity index is 1.64. The molecule has 2 atom stereocenters. The van der Waals surface area contributed by atoms with E-state index in [-0.39, 0.29) is 30.7 Å². The number of carbonyl (C=O) groups excluding carboxylic acids is 2. The van der Waals surface area contributed by atoms with Gasteiger partial charge >= 0.3 is 0 Å². The van der Waals surface area contributed by atoms with Gasteiger partial charge in [0.15, 0.2) is 0 Å². The molecule has 160 valence electrons. The summed E-state index contributed by atoms with van der Waals surface area (Å²) in [5.74, 6) is -1.14. The first-order valence-electron chi connectivity index (χ1n) is 9.53. The Morgan fingerprint density at radius 1 is 1.03 bits per heavy atom. The fraction of sp³-hybridized carbons (Fsp3) is 0.579. The van der Waals surface area contributed by atoms with E-state index < -0.39 is 22.0 Å². The number of aliphatic hydroxyl groups excluding tert-OH is 1. The minimum absolute atomic E-state index is 0.0842. The largest absolute Gasteiger partial charge is 0.391 e. The monoisotopic (exact) mass is 425 g/mol. The van der Waals surface area contributed by atoms with E-state index in [1.807, 2.05) is 0 Å². The van der Waals surface area contributed by atoms with Crippen molar-refractivity contribution in [1.29, 1.82) is 0 Å². The van der Waals surface area contributed by atoms with Crippen molar-refractivity contribution in [2.45, 2.75) is 6.10 Å². The summed E-state index contributed by atoms with van der Waals surface area (Å²) in [7, 11) is -0.582. The predicted molar refractivity (Wildman–Crippen MR) is 106 cm³/mol. The summed E-state index contributed by atoms with van der Waals surface area (Å²) in [4.78, 5) is 28.4. The molecule has 2 aliphatic rings. The maximum Gasteiger partial charge on any atom is 0.254 e. The van der Waals surface area contributed by atoms with Crippen LogP contribution in [-0.2, 0) is 14.8 Å². The highest BCUT2D eigenvalue weighted by molar-refractivity contribution is 7.89. The van der Waals surface area contributed by atoms with Crippen LogP contribution in [0.15, 0.2) is 24.3 Å². The topological polar surface area (TPSA) is 107 Å². The molecule has 0 radical (unpaired) electrons. The number of rotatable bonds is 5. The zero-order valence-corrected chi connectivity index (χ0v) is 17.5. The number of β-amino-alcohol motifs (C(OH)–C–C–N with tert-alkyl or cyclic N) is 1. The molecule has 0 aliphatic carbocycles. The normalized spacial score (nSPS) is 22.9. The quantitative estimate of drug-likeness (QED) is 0.681. The molecule has 2 fully saturated rings. The van der Waals surface area contributed by atoms with Crippen LogP contribution in [0.4, 0.5) is 0 Å². The number of carbonyl (C=O) groups is 2. The molecule has 0 saturated carbocycles. The standard InChI is InChI=1S/C19H27N3O6S/c1-20(2)29(26,27)13-16-11-22(12-17(16)23)19(25)15-5-3-14(4-6-15)18(24)21-7-9-28-10-8-21/h3-6,16-17,23H,7-13H2,1-2H3/t16-,17+/m0/s1. The lowest BCUT2D eigenvalue weighted by Gasteiger charge is -2.27. The van der Waals surface area contributed by atoms with E-state index in [4.69, 9.17) is 4.74 Å². The van der Waals surface area contributed by atoms with Crippen LogP contribution in [-0.4, -0.2) is 105 Å². The third-order valence-electron chi connectivity index (χ3n) is 5.35. The van der Waals surface area contributed by atoms with E-state index in [1.165, 1.54) is 19.0 Å². The molecule has 0 bridgehead atoms. The van der Waals surface area contributed by atoms with Crippen LogP contribution < -0.4 is 0 Å². The van der Waals surface area contributed by atoms with E-state index in [2.05, 4.69) is 0 Å². The molecule has 2 amide bonds. The number of likely N-dealkylation sites (tertiary alicyclic amines) is 1. The van der Waals surface area contributed by atoms with Crippen molar-refractivity contribution in [2.75, 3.05) is 59.2 Å². The zero-order valence-electron chi connectivity index (χ0n) is 16.7. The average molecular weight is 426 g/mol. The van der Waals surface area contributed by atoms with Crippen molar-refractivity contribution in [3.63, 3.8) is 0 Å². The number of aliphatic hydroxyl groups is 1. The number of benzene rings is 1. The second-order valence-electron chi connectivity index (χ2n) is 7.58. The fourth-order valence-electron chi connectivity index (χ4n) is 3.49. The molecule has 2 aliphatic heterocycles. The molecule has 0 aromatic heterocycles. The van der Waals surface area contributed by atoms with Crippen LogP contribution in [0.2, 0.25) is 0 Å². The van der Waals surface area contributed by atoms with Crippen LogP contribution in [0.1, 0.15) is 20.7 Å². The highest BCUT2D eigenvalue weighted by atomic mass is 32.2. The minimum Gasteiger partial charge on any atom is -0.391 e. The predicted octanol–water partition coefficient (Wildman–Crippen LogP) is -0.517. The van der Waals surface area contributed by atoms with E-state index in [0.29, 0.717) is 37.4 Å². The van der Waals surface area contributed by atoms with Gasteiger partial charge in [-0.05, 0) is 24.3 Å². The van der Waals surface area contributed by atoms with Gasteiger partial charge < -0.3 is 19.6 Å². The van der Waals surface area contributed by atoms with Crippen molar-refractivity contribution in [3.8, 4) is 0 Å². The average Bonchev–Trinajstić information content (AvgIpc) is 3.07. The highest BCUT2D eigenvalue weighted by Crippen LogP contribution is 2.22. The van der Waals surface area contributed by atoms with E-state index >= 15 is 0 Å². The molecular weight excluding hydrogens is 398 g/mol. The molecular formula is C19H27N3O6S. The Hall–Kier alpha value is -2.01. The lowest BCUT2D eigenvalue weighted by molar-refractivity contribution is 0.0303. The van der Waals surface area contributed by atoms with Crippen LogP contribution in [0.25, 0.3) is 0 Å². The Bertz CT molecular complexity index is 849. The maximum absolute atomic E-state index is 12.8. The molecule has 2 saturated heterocycles. The van der Waals surface area contributed by atoms with Gasteiger partial charge in [-0.1, -0.05) is 0 Å². The summed E-state index contributed by atoms with van der Waals surface area (Å²) in [5, 5.41) is 10.2. The van der Waals surface area contributed by atoms with Gasteiger partial charge in [0.1, 0.15) is 0 Å². The van der Waals surface area contributed by atoms with E-state index in [9.17, 15) is 23.1 Å². The van der Waals surface area contributed by atoms with Crippen LogP contribution in [0.3, 0.4) is 0 Å². The van der Waals surface area contributed by atoms with Gasteiger partial charge in [0, 0.05) is 57.3 Å². The van der Waals surface area contributed by atoms with E-state index in [1.54, 1.807) is 29.2 Å². The van der Waals surface area contributed by atoms with Crippen molar-refractivity contribution >= 4 is 21.8 Å². The van der Waals surface area contributed by atoms with Gasteiger partial charge in [-0.3, -0.25) is 9.59 Å². The van der Waals surface area contributed by atoms with Crippen LogP contribution in [0, 0.1) is 5.92 Å². The molecule has 10 heteroatoms. The van der Waals surface area contributed by atoms with Crippen molar-refractivity contribution < 1.29 is 27.9 Å². The molecule has 29 heavy (non-hydrogen) atoms. The van der Waals surface area contributed by atoms with Crippen LogP contribution >= 0.6 is 0 Å². The summed E-state index contributed by atoms with van der Waals surface area (Å²) in [6.45, 7) is 2.38. The number of sulfonamides is 1. The van der Waals surface area contributed by atoms with Gasteiger partial charge in [-0.15, -0.1) is 0 Å². The molecule has 1 aromatic rings. The SMILES string of the molecule is CN(C)S(=O)(=O)C[C@@H]1CN(C(=O)c2ccc(C(=O)N3CCOCC3)cc2)C[C@H]1O. The molecule has 9 nitrogen and oxygen atoms in total. The number of nitrogens with zero attached hydrogens (tertiary/aromatic N) is 3. The van der Waals surface area contributed by atoms with Crippen molar-refractivity contribution in [1.82, 2.24) is 14.1 Å². The van der Waals surface area contributed by atoms with Gasteiger partial charge in [0.25, 0.3) is 11.8 Å². The molecule has 1 aromatic carbocycles. The zero-order chi connectivity index (χ0) is 21.2. The number of amides is 2. The molecule has 0 spiro atoms. The van der Waals surface area contributed by atoms with Crippen LogP contribution in [0.5, 0.6) is 0 Å². The van der Waals surface area contributed by atoms with Crippen molar-refractivity contribution in [3.05, 3.63) is 35.4 Å². The first-order chi connectivity index (χ1) is 13.7. The van der Waals surface area contributed by atoms with Crippen molar-refractivity contribution in [2.24, 2.45) is 5.92 Å². The summed E-state index contributed by atoms with van der Waals surface area (Å²) >= 11 is 0. The van der Waals surface area contributed by atoms with Gasteiger partial charge in [0.05, 0.1) is 25.1 Å². The van der Waals surface area contributed by atoms with E-state index in [0.717, 1.165) is 4.31 Å². The van der Waals surface area contributed by atoms with Gasteiger partial charge in [0.2, 0.25) is 10.0 Å².